The third kappa shape index (κ3) is 6.45. The number of amides is 2. The number of alkyl halides is 4. The molecular formula is C28H31F4N5O4. The summed E-state index contributed by atoms with van der Waals surface area (Å²) in [6.07, 6.45) is -1.94. The number of aromatic amines is 1. The number of rotatable bonds is 9. The molecule has 0 radical (unpaired) electrons. The van der Waals surface area contributed by atoms with Crippen molar-refractivity contribution < 1.29 is 36.6 Å². The van der Waals surface area contributed by atoms with E-state index in [1.165, 1.54) is 19.5 Å². The fraction of sp³-hybridized carbons (Fsp3) is 0.500. The van der Waals surface area contributed by atoms with Gasteiger partial charge in [0.15, 0.2) is 0 Å². The van der Waals surface area contributed by atoms with Crippen LogP contribution in [0.1, 0.15) is 53.7 Å². The molecule has 9 nitrogen and oxygen atoms in total. The minimum atomic E-state index is -4.58. The minimum absolute atomic E-state index is 0.0111. The van der Waals surface area contributed by atoms with Gasteiger partial charge in [0.1, 0.15) is 36.1 Å². The smallest absolute Gasteiger partial charge is 0.416 e. The maximum absolute atomic E-state index is 14.8. The lowest BCUT2D eigenvalue weighted by molar-refractivity contribution is -0.137. The molecule has 0 saturated heterocycles. The second kappa shape index (κ2) is 11.6. The average Bonchev–Trinajstić information content (AvgIpc) is 3.68. The van der Waals surface area contributed by atoms with Crippen molar-refractivity contribution in [2.75, 3.05) is 20.3 Å². The van der Waals surface area contributed by atoms with E-state index in [-0.39, 0.29) is 41.1 Å². The molecule has 2 heterocycles. The minimum Gasteiger partial charge on any atom is -0.493 e. The van der Waals surface area contributed by atoms with Gasteiger partial charge in [-0.3, -0.25) is 9.59 Å². The number of carbonyl (C=O) groups is 2. The highest BCUT2D eigenvalue weighted by Gasteiger charge is 2.34. The van der Waals surface area contributed by atoms with Gasteiger partial charge >= 0.3 is 6.18 Å². The molecule has 2 saturated carbocycles. The van der Waals surface area contributed by atoms with Crippen molar-refractivity contribution >= 4 is 22.8 Å². The third-order valence-corrected chi connectivity index (χ3v) is 7.46. The predicted octanol–water partition coefficient (Wildman–Crippen LogP) is 4.49. The van der Waals surface area contributed by atoms with Crippen LogP contribution in [0.25, 0.3) is 22.3 Å². The second-order valence-corrected chi connectivity index (χ2v) is 10.6. The van der Waals surface area contributed by atoms with E-state index in [1.807, 2.05) is 0 Å². The predicted molar refractivity (Wildman–Crippen MR) is 141 cm³/mol. The number of hydrogen-bond acceptors (Lipinski definition) is 6. The van der Waals surface area contributed by atoms with Crippen molar-refractivity contribution in [3.63, 3.8) is 0 Å². The van der Waals surface area contributed by atoms with Crippen LogP contribution in [-0.2, 0) is 15.7 Å². The van der Waals surface area contributed by atoms with E-state index >= 15 is 0 Å². The molecule has 0 bridgehead atoms. The number of nitrogens with one attached hydrogen (secondary N) is 3. The van der Waals surface area contributed by atoms with Crippen molar-refractivity contribution in [2.24, 2.45) is 5.92 Å². The van der Waals surface area contributed by atoms with E-state index in [9.17, 15) is 27.2 Å². The van der Waals surface area contributed by atoms with Crippen LogP contribution in [0.2, 0.25) is 0 Å². The largest absolute Gasteiger partial charge is 0.493 e. The number of benzene rings is 1. The summed E-state index contributed by atoms with van der Waals surface area (Å²) in [4.78, 5) is 36.7. The number of nitrogens with zero attached hydrogens (tertiary/aromatic N) is 2. The van der Waals surface area contributed by atoms with Gasteiger partial charge in [-0.25, -0.2) is 14.4 Å². The zero-order chi connectivity index (χ0) is 29.3. The molecule has 2 aromatic heterocycles. The molecule has 2 aliphatic rings. The number of methoxy groups -OCH3 is 1. The molecule has 2 amide bonds. The van der Waals surface area contributed by atoms with Gasteiger partial charge < -0.3 is 25.1 Å². The van der Waals surface area contributed by atoms with E-state index in [0.717, 1.165) is 25.0 Å². The van der Waals surface area contributed by atoms with Crippen LogP contribution in [-0.4, -0.2) is 65.3 Å². The quantitative estimate of drug-likeness (QED) is 0.323. The van der Waals surface area contributed by atoms with Gasteiger partial charge in [-0.15, -0.1) is 0 Å². The zero-order valence-electron chi connectivity index (χ0n) is 22.6. The molecule has 13 heteroatoms. The van der Waals surface area contributed by atoms with E-state index in [0.29, 0.717) is 36.6 Å². The van der Waals surface area contributed by atoms with Crippen molar-refractivity contribution in [1.29, 1.82) is 0 Å². The lowest BCUT2D eigenvalue weighted by Crippen LogP contribution is -2.50. The van der Waals surface area contributed by atoms with Crippen LogP contribution >= 0.6 is 0 Å². The maximum Gasteiger partial charge on any atom is 0.416 e. The second-order valence-electron chi connectivity index (χ2n) is 10.6. The summed E-state index contributed by atoms with van der Waals surface area (Å²) in [5, 5.41) is 5.46. The summed E-state index contributed by atoms with van der Waals surface area (Å²) in [6, 6.07) is 2.10. The number of hydrogen-bond donors (Lipinski definition) is 3. The fourth-order valence-electron chi connectivity index (χ4n) is 5.16. The summed E-state index contributed by atoms with van der Waals surface area (Å²) in [7, 11) is 1.38. The molecule has 220 valence electrons. The Labute approximate surface area is 233 Å². The number of ether oxygens (including phenoxy) is 2. The third-order valence-electron chi connectivity index (χ3n) is 7.46. The maximum atomic E-state index is 14.8. The lowest BCUT2D eigenvalue weighted by atomic mass is 9.89. The zero-order valence-corrected chi connectivity index (χ0v) is 22.6. The van der Waals surface area contributed by atoms with Gasteiger partial charge in [-0.05, 0) is 56.7 Å². The Bertz CT molecular complexity index is 1440. The van der Waals surface area contributed by atoms with Crippen molar-refractivity contribution in [3.8, 4) is 17.0 Å². The standard InChI is InChI=1S/C28H31F4N5O4/c1-14-23(27(39)36-17-6-7-20(19(29)10-17)37-22(38)12-40-2)25-26(35-14)24(33-13-34-25)18-9-16(28(30,31)32)5-8-21(18)41-11-15-3-4-15/h5,8-9,13,15,17,19-20,35H,3-4,6-7,10-12H2,1-2H3,(H,36,39)(H,37,38). The Morgan fingerprint density at radius 1 is 1.12 bits per heavy atom. The average molecular weight is 578 g/mol. The normalized spacial score (nSPS) is 21.1. The molecule has 3 unspecified atom stereocenters. The topological polar surface area (TPSA) is 118 Å². The van der Waals surface area contributed by atoms with Crippen LogP contribution in [0.4, 0.5) is 17.6 Å². The number of halogens is 4. The van der Waals surface area contributed by atoms with E-state index in [4.69, 9.17) is 9.47 Å². The molecule has 41 heavy (non-hydrogen) atoms. The van der Waals surface area contributed by atoms with Gasteiger partial charge in [0.2, 0.25) is 5.91 Å². The van der Waals surface area contributed by atoms with Crippen LogP contribution in [0.3, 0.4) is 0 Å². The summed E-state index contributed by atoms with van der Waals surface area (Å²) >= 11 is 0. The molecule has 1 aromatic carbocycles. The molecule has 0 spiro atoms. The highest BCUT2D eigenvalue weighted by Crippen LogP contribution is 2.40. The molecule has 3 atom stereocenters. The van der Waals surface area contributed by atoms with E-state index < -0.39 is 41.8 Å². The summed E-state index contributed by atoms with van der Waals surface area (Å²) in [6.45, 7) is 1.87. The Balaban J connectivity index is 1.40. The molecule has 3 N–H and O–H groups in total. The number of fused-ring (bicyclic) bond motifs is 1. The Hall–Kier alpha value is -3.74. The van der Waals surface area contributed by atoms with Gasteiger partial charge in [0.25, 0.3) is 5.91 Å². The number of carbonyl (C=O) groups excluding carboxylic acids is 2. The molecule has 0 aliphatic heterocycles. The first kappa shape index (κ1) is 28.8. The Morgan fingerprint density at radius 3 is 2.59 bits per heavy atom. The molecule has 3 aromatic rings. The molecule has 2 aliphatic carbocycles. The first-order valence-electron chi connectivity index (χ1n) is 13.5. The van der Waals surface area contributed by atoms with Gasteiger partial charge in [-0.1, -0.05) is 0 Å². The highest BCUT2D eigenvalue weighted by atomic mass is 19.4. The lowest BCUT2D eigenvalue weighted by Gasteiger charge is -2.32. The molecule has 5 rings (SSSR count). The van der Waals surface area contributed by atoms with Crippen molar-refractivity contribution in [2.45, 2.75) is 63.5 Å². The fourth-order valence-corrected chi connectivity index (χ4v) is 5.16. The number of aromatic nitrogens is 3. The van der Waals surface area contributed by atoms with Gasteiger partial charge in [0.05, 0.1) is 29.3 Å². The summed E-state index contributed by atoms with van der Waals surface area (Å²) < 4.78 is 66.3. The van der Waals surface area contributed by atoms with Crippen LogP contribution in [0.15, 0.2) is 24.5 Å². The SMILES string of the molecule is COCC(=O)NC1CCC(NC(=O)c2c(C)[nH]c3c(-c4cc(C(F)(F)F)ccc4OCC4CC4)ncnc23)CC1F. The van der Waals surface area contributed by atoms with Crippen LogP contribution in [0, 0.1) is 12.8 Å². The summed E-state index contributed by atoms with van der Waals surface area (Å²) in [5.74, 6) is -0.271. The summed E-state index contributed by atoms with van der Waals surface area (Å²) in [5.41, 5.74) is 0.604. The van der Waals surface area contributed by atoms with Gasteiger partial charge in [0, 0.05) is 30.8 Å². The monoisotopic (exact) mass is 577 g/mol. The Kier molecular flexibility index (Phi) is 8.16. The van der Waals surface area contributed by atoms with E-state index in [1.54, 1.807) is 6.92 Å². The van der Waals surface area contributed by atoms with E-state index in [2.05, 4.69) is 25.6 Å². The first-order chi connectivity index (χ1) is 19.5. The van der Waals surface area contributed by atoms with Gasteiger partial charge in [-0.2, -0.15) is 13.2 Å². The number of aryl methyl sites for hydroxylation is 1. The first-order valence-corrected chi connectivity index (χ1v) is 13.5. The Morgan fingerprint density at radius 2 is 1.90 bits per heavy atom. The van der Waals surface area contributed by atoms with Crippen molar-refractivity contribution in [1.82, 2.24) is 25.6 Å². The molecular weight excluding hydrogens is 546 g/mol. The van der Waals surface area contributed by atoms with Crippen LogP contribution in [0.5, 0.6) is 5.75 Å². The molecule has 2 fully saturated rings. The van der Waals surface area contributed by atoms with Crippen LogP contribution < -0.4 is 15.4 Å². The van der Waals surface area contributed by atoms with Crippen molar-refractivity contribution in [3.05, 3.63) is 41.3 Å². The highest BCUT2D eigenvalue weighted by molar-refractivity contribution is 6.09. The number of H-pyrrole nitrogens is 1.